The number of morpholine rings is 1. The highest BCUT2D eigenvalue weighted by atomic mass is 35.5. The first-order valence-corrected chi connectivity index (χ1v) is 7.54. The molecule has 0 aromatic heterocycles. The van der Waals surface area contributed by atoms with Gasteiger partial charge in [0.25, 0.3) is 0 Å². The standard InChI is InChI=1S/C15H22ClN3O2/c1-10-8-19(9-11(2)21-10)6-5-15(20)18-14-4-3-12(17)7-13(14)16/h3-4,7,10-11H,5-6,8-9,17H2,1-2H3,(H,18,20)/t10-,11+. The van der Waals surface area contributed by atoms with Crippen LogP contribution in [0.25, 0.3) is 0 Å². The van der Waals surface area contributed by atoms with Crippen molar-refractivity contribution in [2.75, 3.05) is 30.7 Å². The van der Waals surface area contributed by atoms with E-state index in [9.17, 15) is 4.79 Å². The number of amides is 1. The quantitative estimate of drug-likeness (QED) is 0.838. The fraction of sp³-hybridized carbons (Fsp3) is 0.533. The second-order valence-electron chi connectivity index (χ2n) is 5.55. The number of anilines is 2. The average molecular weight is 312 g/mol. The molecule has 21 heavy (non-hydrogen) atoms. The van der Waals surface area contributed by atoms with Gasteiger partial charge >= 0.3 is 0 Å². The molecular formula is C15H22ClN3O2. The van der Waals surface area contributed by atoms with Gasteiger partial charge in [-0.1, -0.05) is 11.6 Å². The predicted molar refractivity (Wildman–Crippen MR) is 85.6 cm³/mol. The van der Waals surface area contributed by atoms with Crippen molar-refractivity contribution in [3.63, 3.8) is 0 Å². The van der Waals surface area contributed by atoms with Crippen LogP contribution < -0.4 is 11.1 Å². The van der Waals surface area contributed by atoms with E-state index in [0.717, 1.165) is 19.6 Å². The van der Waals surface area contributed by atoms with E-state index >= 15 is 0 Å². The van der Waals surface area contributed by atoms with Crippen LogP contribution in [0.4, 0.5) is 11.4 Å². The molecule has 2 rings (SSSR count). The zero-order valence-corrected chi connectivity index (χ0v) is 13.2. The first kappa shape index (κ1) is 16.1. The number of halogens is 1. The van der Waals surface area contributed by atoms with Crippen molar-refractivity contribution in [1.29, 1.82) is 0 Å². The summed E-state index contributed by atoms with van der Waals surface area (Å²) in [6, 6.07) is 5.06. The first-order valence-electron chi connectivity index (χ1n) is 7.16. The van der Waals surface area contributed by atoms with Gasteiger partial charge in [0.1, 0.15) is 0 Å². The Hall–Kier alpha value is -1.30. The van der Waals surface area contributed by atoms with Crippen molar-refractivity contribution in [3.8, 4) is 0 Å². The van der Waals surface area contributed by atoms with Gasteiger partial charge in [-0.25, -0.2) is 0 Å². The molecule has 0 aliphatic carbocycles. The second-order valence-corrected chi connectivity index (χ2v) is 5.96. The molecule has 2 atom stereocenters. The SMILES string of the molecule is C[C@@H]1CN(CCC(=O)Nc2ccc(N)cc2Cl)C[C@H](C)O1. The van der Waals surface area contributed by atoms with Crippen molar-refractivity contribution < 1.29 is 9.53 Å². The Morgan fingerprint density at radius 2 is 2.10 bits per heavy atom. The summed E-state index contributed by atoms with van der Waals surface area (Å²) in [5, 5.41) is 3.27. The van der Waals surface area contributed by atoms with Crippen LogP contribution in [-0.4, -0.2) is 42.6 Å². The normalized spacial score (nSPS) is 23.0. The fourth-order valence-corrected chi connectivity index (χ4v) is 2.81. The maximum atomic E-state index is 12.0. The molecule has 1 aliphatic rings. The molecule has 0 saturated carbocycles. The van der Waals surface area contributed by atoms with Crippen LogP contribution in [0.3, 0.4) is 0 Å². The van der Waals surface area contributed by atoms with E-state index in [-0.39, 0.29) is 18.1 Å². The Balaban J connectivity index is 1.82. The largest absolute Gasteiger partial charge is 0.399 e. The smallest absolute Gasteiger partial charge is 0.225 e. The van der Waals surface area contributed by atoms with Gasteiger partial charge in [-0.3, -0.25) is 9.69 Å². The predicted octanol–water partition coefficient (Wildman–Crippen LogP) is 2.36. The lowest BCUT2D eigenvalue weighted by Gasteiger charge is -2.35. The number of rotatable bonds is 4. The summed E-state index contributed by atoms with van der Waals surface area (Å²) in [5.41, 5.74) is 6.80. The minimum absolute atomic E-state index is 0.0477. The Morgan fingerprint density at radius 3 is 2.71 bits per heavy atom. The van der Waals surface area contributed by atoms with E-state index in [1.807, 2.05) is 0 Å². The van der Waals surface area contributed by atoms with Crippen LogP contribution in [0.15, 0.2) is 18.2 Å². The molecule has 1 aliphatic heterocycles. The van der Waals surface area contributed by atoms with Gasteiger partial charge in [-0.05, 0) is 32.0 Å². The maximum absolute atomic E-state index is 12.0. The summed E-state index contributed by atoms with van der Waals surface area (Å²) < 4.78 is 5.67. The molecule has 1 saturated heterocycles. The third-order valence-corrected chi connectivity index (χ3v) is 3.73. The molecule has 0 unspecified atom stereocenters. The number of nitrogens with zero attached hydrogens (tertiary/aromatic N) is 1. The number of benzene rings is 1. The third kappa shape index (κ3) is 4.88. The molecule has 1 amide bonds. The van der Waals surface area contributed by atoms with E-state index in [1.165, 1.54) is 0 Å². The molecule has 1 aromatic rings. The summed E-state index contributed by atoms with van der Waals surface area (Å²) in [6.45, 7) is 6.55. The molecule has 0 spiro atoms. The molecule has 1 heterocycles. The minimum atomic E-state index is -0.0477. The first-order chi connectivity index (χ1) is 9.94. The molecule has 1 aromatic carbocycles. The molecule has 3 N–H and O–H groups in total. The number of hydrogen-bond acceptors (Lipinski definition) is 4. The van der Waals surface area contributed by atoms with Crippen LogP contribution in [0.5, 0.6) is 0 Å². The number of nitrogens with two attached hydrogens (primary N) is 1. The van der Waals surface area contributed by atoms with E-state index in [2.05, 4.69) is 24.1 Å². The number of carbonyl (C=O) groups is 1. The van der Waals surface area contributed by atoms with Crippen molar-refractivity contribution >= 4 is 28.9 Å². The summed E-state index contributed by atoms with van der Waals surface area (Å²) >= 11 is 6.04. The van der Waals surface area contributed by atoms with Gasteiger partial charge in [-0.2, -0.15) is 0 Å². The molecule has 0 radical (unpaired) electrons. The van der Waals surface area contributed by atoms with Crippen molar-refractivity contribution in [2.45, 2.75) is 32.5 Å². The van der Waals surface area contributed by atoms with E-state index in [4.69, 9.17) is 22.1 Å². The number of nitrogens with one attached hydrogen (secondary N) is 1. The van der Waals surface area contributed by atoms with Crippen LogP contribution in [0.1, 0.15) is 20.3 Å². The zero-order valence-electron chi connectivity index (χ0n) is 12.4. The van der Waals surface area contributed by atoms with E-state index in [0.29, 0.717) is 22.8 Å². The fourth-order valence-electron chi connectivity index (χ4n) is 2.57. The molecule has 116 valence electrons. The van der Waals surface area contributed by atoms with Gasteiger partial charge in [0, 0.05) is 31.7 Å². The molecular weight excluding hydrogens is 290 g/mol. The Morgan fingerprint density at radius 1 is 1.43 bits per heavy atom. The molecule has 6 heteroatoms. The Labute approximate surface area is 130 Å². The second kappa shape index (κ2) is 7.11. The maximum Gasteiger partial charge on any atom is 0.225 e. The number of ether oxygens (including phenoxy) is 1. The van der Waals surface area contributed by atoms with Crippen LogP contribution in [-0.2, 0) is 9.53 Å². The number of nitrogen functional groups attached to an aromatic ring is 1. The summed E-state index contributed by atoms with van der Waals surface area (Å²) in [4.78, 5) is 14.2. The van der Waals surface area contributed by atoms with Gasteiger partial charge in [-0.15, -0.1) is 0 Å². The Kier molecular flexibility index (Phi) is 5.45. The molecule has 5 nitrogen and oxygen atoms in total. The van der Waals surface area contributed by atoms with Gasteiger partial charge < -0.3 is 15.8 Å². The summed E-state index contributed by atoms with van der Waals surface area (Å²) in [5.74, 6) is -0.0477. The van der Waals surface area contributed by atoms with Crippen molar-refractivity contribution in [2.24, 2.45) is 0 Å². The van der Waals surface area contributed by atoms with Crippen molar-refractivity contribution in [3.05, 3.63) is 23.2 Å². The van der Waals surface area contributed by atoms with E-state index < -0.39 is 0 Å². The Bertz CT molecular complexity index is 500. The van der Waals surface area contributed by atoms with Gasteiger partial charge in [0.05, 0.1) is 22.9 Å². The topological polar surface area (TPSA) is 67.6 Å². The van der Waals surface area contributed by atoms with Gasteiger partial charge in [0.2, 0.25) is 5.91 Å². The number of carbonyl (C=O) groups excluding carboxylic acids is 1. The van der Waals surface area contributed by atoms with Crippen molar-refractivity contribution in [1.82, 2.24) is 4.90 Å². The summed E-state index contributed by atoms with van der Waals surface area (Å²) in [6.07, 6.45) is 0.854. The lowest BCUT2D eigenvalue weighted by Crippen LogP contribution is -2.46. The highest BCUT2D eigenvalue weighted by molar-refractivity contribution is 6.34. The van der Waals surface area contributed by atoms with Crippen LogP contribution in [0.2, 0.25) is 5.02 Å². The number of hydrogen-bond donors (Lipinski definition) is 2. The van der Waals surface area contributed by atoms with E-state index in [1.54, 1.807) is 18.2 Å². The highest BCUT2D eigenvalue weighted by Gasteiger charge is 2.22. The average Bonchev–Trinajstić information content (AvgIpc) is 2.39. The molecule has 0 bridgehead atoms. The summed E-state index contributed by atoms with van der Waals surface area (Å²) in [7, 11) is 0. The molecule has 1 fully saturated rings. The lowest BCUT2D eigenvalue weighted by molar-refractivity contribution is -0.117. The minimum Gasteiger partial charge on any atom is -0.399 e. The zero-order chi connectivity index (χ0) is 15.4. The monoisotopic (exact) mass is 311 g/mol. The van der Waals surface area contributed by atoms with Gasteiger partial charge in [0.15, 0.2) is 0 Å². The highest BCUT2D eigenvalue weighted by Crippen LogP contribution is 2.24. The van der Waals surface area contributed by atoms with Crippen LogP contribution in [0, 0.1) is 0 Å². The third-order valence-electron chi connectivity index (χ3n) is 3.42. The van der Waals surface area contributed by atoms with Crippen LogP contribution >= 0.6 is 11.6 Å². The lowest BCUT2D eigenvalue weighted by atomic mass is 10.2.